The van der Waals surface area contributed by atoms with Crippen molar-refractivity contribution in [3.05, 3.63) is 0 Å². The molecule has 122 valence electrons. The maximum atomic E-state index is 11.0. The molecule has 2 fully saturated rings. The Hall–Kier alpha value is 0.0400. The van der Waals surface area contributed by atoms with Crippen LogP contribution in [0.5, 0.6) is 0 Å². The summed E-state index contributed by atoms with van der Waals surface area (Å²) < 4.78 is 29.6. The molecule has 0 amide bonds. The van der Waals surface area contributed by atoms with E-state index in [9.17, 15) is 4.79 Å². The molecular formula is C14H23IO6. The van der Waals surface area contributed by atoms with Crippen LogP contribution in [0.3, 0.4) is 0 Å². The lowest BCUT2D eigenvalue weighted by atomic mass is 10.0. The molecule has 6 nitrogen and oxygen atoms in total. The van der Waals surface area contributed by atoms with Crippen molar-refractivity contribution in [2.75, 3.05) is 11.0 Å². The highest BCUT2D eigenvalue weighted by Crippen LogP contribution is 2.39. The van der Waals surface area contributed by atoms with Gasteiger partial charge in [-0.2, -0.15) is 0 Å². The number of esters is 1. The minimum absolute atomic E-state index is 0.0806. The number of halogens is 1. The first-order valence-electron chi connectivity index (χ1n) is 7.04. The Bertz CT molecular complexity index is 397. The van der Waals surface area contributed by atoms with Crippen LogP contribution in [0, 0.1) is 0 Å². The lowest BCUT2D eigenvalue weighted by Gasteiger charge is -2.25. The molecule has 2 heterocycles. The van der Waals surface area contributed by atoms with Gasteiger partial charge in [0.2, 0.25) is 0 Å². The SMILES string of the molecule is CC(=O)OC[C@@H]1OC(C)(C)O[C@H]1[C@H]1OC(C)(C)O[C@@H]1CI. The van der Waals surface area contributed by atoms with E-state index < -0.39 is 11.6 Å². The molecule has 0 radical (unpaired) electrons. The molecule has 0 aliphatic carbocycles. The summed E-state index contributed by atoms with van der Waals surface area (Å²) >= 11 is 2.27. The van der Waals surface area contributed by atoms with E-state index >= 15 is 0 Å². The predicted molar refractivity (Wildman–Crippen MR) is 83.2 cm³/mol. The minimum atomic E-state index is -0.735. The third-order valence-corrected chi connectivity index (χ3v) is 4.24. The number of hydrogen-bond acceptors (Lipinski definition) is 6. The molecular weight excluding hydrogens is 391 g/mol. The first-order chi connectivity index (χ1) is 9.63. The Morgan fingerprint density at radius 3 is 1.95 bits per heavy atom. The van der Waals surface area contributed by atoms with Crippen LogP contribution in [0.2, 0.25) is 0 Å². The van der Waals surface area contributed by atoms with E-state index in [1.807, 2.05) is 27.7 Å². The average molecular weight is 414 g/mol. The first kappa shape index (κ1) is 17.4. The molecule has 0 aromatic rings. The molecule has 4 atom stereocenters. The molecule has 0 aromatic carbocycles. The van der Waals surface area contributed by atoms with E-state index in [1.54, 1.807) is 0 Å². The van der Waals surface area contributed by atoms with Gasteiger partial charge < -0.3 is 23.7 Å². The summed E-state index contributed by atoms with van der Waals surface area (Å²) in [7, 11) is 0. The van der Waals surface area contributed by atoms with E-state index in [0.717, 1.165) is 4.43 Å². The van der Waals surface area contributed by atoms with Crippen LogP contribution < -0.4 is 0 Å². The van der Waals surface area contributed by atoms with Crippen molar-refractivity contribution >= 4 is 28.6 Å². The maximum Gasteiger partial charge on any atom is 0.302 e. The van der Waals surface area contributed by atoms with Crippen molar-refractivity contribution in [2.24, 2.45) is 0 Å². The van der Waals surface area contributed by atoms with Crippen molar-refractivity contribution in [2.45, 2.75) is 70.6 Å². The molecule has 0 bridgehead atoms. The molecule has 2 rings (SSSR count). The van der Waals surface area contributed by atoms with Crippen LogP contribution in [0.25, 0.3) is 0 Å². The highest BCUT2D eigenvalue weighted by Gasteiger charge is 2.53. The molecule has 0 saturated carbocycles. The highest BCUT2D eigenvalue weighted by molar-refractivity contribution is 14.1. The molecule has 7 heteroatoms. The highest BCUT2D eigenvalue weighted by atomic mass is 127. The van der Waals surface area contributed by atoms with E-state index in [-0.39, 0.29) is 37.0 Å². The fraction of sp³-hybridized carbons (Fsp3) is 0.929. The van der Waals surface area contributed by atoms with Crippen molar-refractivity contribution in [3.8, 4) is 0 Å². The molecule has 2 saturated heterocycles. The summed E-state index contributed by atoms with van der Waals surface area (Å²) in [5, 5.41) is 0. The summed E-state index contributed by atoms with van der Waals surface area (Å²) in [5.74, 6) is -1.72. The smallest absolute Gasteiger partial charge is 0.302 e. The third kappa shape index (κ3) is 4.28. The van der Waals surface area contributed by atoms with Gasteiger partial charge in [0, 0.05) is 11.4 Å². The Labute approximate surface area is 138 Å². The van der Waals surface area contributed by atoms with Gasteiger partial charge in [-0.1, -0.05) is 22.6 Å². The number of alkyl halides is 1. The summed E-state index contributed by atoms with van der Waals surface area (Å²) in [4.78, 5) is 11.0. The fourth-order valence-corrected chi connectivity index (χ4v) is 3.41. The number of carbonyl (C=O) groups excluding carboxylic acids is 1. The topological polar surface area (TPSA) is 63.2 Å². The lowest BCUT2D eigenvalue weighted by molar-refractivity contribution is -0.175. The number of rotatable bonds is 4. The zero-order valence-corrected chi connectivity index (χ0v) is 15.2. The van der Waals surface area contributed by atoms with Gasteiger partial charge in [0.1, 0.15) is 24.9 Å². The minimum Gasteiger partial charge on any atom is -0.463 e. The summed E-state index contributed by atoms with van der Waals surface area (Å²) in [5.41, 5.74) is 0. The van der Waals surface area contributed by atoms with Gasteiger partial charge in [-0.25, -0.2) is 0 Å². The van der Waals surface area contributed by atoms with Gasteiger partial charge in [-0.05, 0) is 27.7 Å². The van der Waals surface area contributed by atoms with Crippen molar-refractivity contribution in [1.82, 2.24) is 0 Å². The number of carbonyl (C=O) groups is 1. The second-order valence-corrected chi connectivity index (χ2v) is 7.11. The van der Waals surface area contributed by atoms with E-state index in [1.165, 1.54) is 6.92 Å². The van der Waals surface area contributed by atoms with E-state index in [4.69, 9.17) is 23.7 Å². The second-order valence-electron chi connectivity index (χ2n) is 6.23. The standard InChI is InChI=1S/C14H23IO6/c1-8(16)17-7-10-12(21-14(4,5)19-10)11-9(6-15)18-13(2,3)20-11/h9-12H,6-7H2,1-5H3/t9-,10+,11+,12-/m1/s1. The fourth-order valence-electron chi connectivity index (χ4n) is 2.73. The molecule has 2 aliphatic heterocycles. The first-order valence-corrected chi connectivity index (χ1v) is 8.57. The molecule has 21 heavy (non-hydrogen) atoms. The number of ether oxygens (including phenoxy) is 5. The van der Waals surface area contributed by atoms with E-state index in [0.29, 0.717) is 0 Å². The van der Waals surface area contributed by atoms with Gasteiger partial charge in [0.15, 0.2) is 11.6 Å². The van der Waals surface area contributed by atoms with E-state index in [2.05, 4.69) is 22.6 Å². The molecule has 0 aromatic heterocycles. The molecule has 0 unspecified atom stereocenters. The normalized spacial score (nSPS) is 37.6. The van der Waals surface area contributed by atoms with Crippen LogP contribution >= 0.6 is 22.6 Å². The Morgan fingerprint density at radius 2 is 1.48 bits per heavy atom. The monoisotopic (exact) mass is 414 g/mol. The maximum absolute atomic E-state index is 11.0. The second kappa shape index (κ2) is 6.27. The van der Waals surface area contributed by atoms with Gasteiger partial charge in [0.25, 0.3) is 0 Å². The van der Waals surface area contributed by atoms with Gasteiger partial charge in [-0.15, -0.1) is 0 Å². The Balaban J connectivity index is 2.12. The van der Waals surface area contributed by atoms with Gasteiger partial charge >= 0.3 is 5.97 Å². The third-order valence-electron chi connectivity index (χ3n) is 3.37. The van der Waals surface area contributed by atoms with Crippen LogP contribution in [0.1, 0.15) is 34.6 Å². The van der Waals surface area contributed by atoms with Crippen LogP contribution in [0.4, 0.5) is 0 Å². The van der Waals surface area contributed by atoms with Crippen molar-refractivity contribution in [3.63, 3.8) is 0 Å². The predicted octanol–water partition coefficient (Wildman–Crippen LogP) is 2.02. The van der Waals surface area contributed by atoms with Gasteiger partial charge in [0.05, 0.1) is 6.10 Å². The van der Waals surface area contributed by atoms with Gasteiger partial charge in [-0.3, -0.25) is 4.79 Å². The Morgan fingerprint density at radius 1 is 1.00 bits per heavy atom. The zero-order chi connectivity index (χ0) is 15.8. The molecule has 2 aliphatic rings. The van der Waals surface area contributed by atoms with Crippen LogP contribution in [-0.2, 0) is 28.5 Å². The summed E-state index contributed by atoms with van der Waals surface area (Å²) in [6, 6.07) is 0. The lowest BCUT2D eigenvalue weighted by Crippen LogP contribution is -2.44. The largest absolute Gasteiger partial charge is 0.463 e. The summed E-state index contributed by atoms with van der Waals surface area (Å²) in [6.45, 7) is 8.98. The summed E-state index contributed by atoms with van der Waals surface area (Å²) in [6.07, 6.45) is -1.03. The molecule has 0 spiro atoms. The quantitative estimate of drug-likeness (QED) is 0.399. The Kier molecular flexibility index (Phi) is 5.19. The van der Waals surface area contributed by atoms with Crippen LogP contribution in [0.15, 0.2) is 0 Å². The van der Waals surface area contributed by atoms with Crippen molar-refractivity contribution < 1.29 is 28.5 Å². The molecule has 0 N–H and O–H groups in total. The van der Waals surface area contributed by atoms with Crippen molar-refractivity contribution in [1.29, 1.82) is 0 Å². The average Bonchev–Trinajstić information content (AvgIpc) is 2.82. The van der Waals surface area contributed by atoms with Crippen LogP contribution in [-0.4, -0.2) is 53.0 Å². The number of hydrogen-bond donors (Lipinski definition) is 0. The zero-order valence-electron chi connectivity index (χ0n) is 13.1.